The molecule has 2 heterocycles. The molecule has 0 saturated carbocycles. The van der Waals surface area contributed by atoms with Crippen LogP contribution in [-0.4, -0.2) is 67.8 Å². The van der Waals surface area contributed by atoms with E-state index in [2.05, 4.69) is 15.2 Å². The number of nitrogens with zero attached hydrogens (tertiary/aromatic N) is 3. The molecule has 1 unspecified atom stereocenters. The van der Waals surface area contributed by atoms with Crippen LogP contribution >= 0.6 is 24.0 Å². The molecule has 1 atom stereocenters. The number of furan rings is 1. The first-order valence-electron chi connectivity index (χ1n) is 8.99. The minimum atomic E-state index is -0.274. The van der Waals surface area contributed by atoms with Crippen LogP contribution in [0.25, 0.3) is 0 Å². The van der Waals surface area contributed by atoms with Gasteiger partial charge >= 0.3 is 0 Å². The van der Waals surface area contributed by atoms with Crippen LogP contribution in [0.1, 0.15) is 25.0 Å². The molecule has 2 rings (SSSR count). The number of carbonyl (C=O) groups excluding carboxylic acids is 2. The van der Waals surface area contributed by atoms with Gasteiger partial charge in [-0.2, -0.15) is 0 Å². The number of aliphatic imine (C=N–C) groups is 1. The first-order valence-corrected chi connectivity index (χ1v) is 8.99. The van der Waals surface area contributed by atoms with Crippen molar-refractivity contribution < 1.29 is 14.0 Å². The van der Waals surface area contributed by atoms with Crippen LogP contribution in [-0.2, 0) is 16.0 Å². The van der Waals surface area contributed by atoms with Gasteiger partial charge in [-0.25, -0.2) is 4.99 Å². The molecule has 152 valence electrons. The predicted octanol–water partition coefficient (Wildman–Crippen LogP) is 1.06. The molecule has 2 amide bonds. The summed E-state index contributed by atoms with van der Waals surface area (Å²) in [5.74, 6) is 1.49. The van der Waals surface area contributed by atoms with E-state index in [0.717, 1.165) is 31.6 Å². The van der Waals surface area contributed by atoms with E-state index in [9.17, 15) is 9.59 Å². The second-order valence-electron chi connectivity index (χ2n) is 6.81. The number of nitrogens with one attached hydrogen (secondary N) is 1. The number of likely N-dealkylation sites (N-methyl/N-ethyl adjacent to an activating group) is 1. The monoisotopic (exact) mass is 491 g/mol. The van der Waals surface area contributed by atoms with E-state index < -0.39 is 0 Å². The fourth-order valence-electron chi connectivity index (χ4n) is 3.01. The van der Waals surface area contributed by atoms with Crippen molar-refractivity contribution in [3.63, 3.8) is 0 Å². The van der Waals surface area contributed by atoms with Crippen molar-refractivity contribution in [3.05, 3.63) is 24.2 Å². The number of primary amides is 1. The molecule has 27 heavy (non-hydrogen) atoms. The molecular weight excluding hydrogens is 461 g/mol. The molecule has 0 bridgehead atoms. The summed E-state index contributed by atoms with van der Waals surface area (Å²) in [6, 6.07) is 3.79. The van der Waals surface area contributed by atoms with Gasteiger partial charge in [-0.15, -0.1) is 24.0 Å². The van der Waals surface area contributed by atoms with Crippen LogP contribution in [0.3, 0.4) is 0 Å². The topological polar surface area (TPSA) is 104 Å². The van der Waals surface area contributed by atoms with Crippen LogP contribution in [0.4, 0.5) is 0 Å². The van der Waals surface area contributed by atoms with Crippen LogP contribution in [0.15, 0.2) is 27.8 Å². The Morgan fingerprint density at radius 3 is 2.85 bits per heavy atom. The summed E-state index contributed by atoms with van der Waals surface area (Å²) in [6.45, 7) is 2.30. The summed E-state index contributed by atoms with van der Waals surface area (Å²) in [5, 5.41) is 3.32. The fourth-order valence-corrected chi connectivity index (χ4v) is 3.01. The quantitative estimate of drug-likeness (QED) is 0.337. The Labute approximate surface area is 177 Å². The Hall–Kier alpha value is -1.78. The van der Waals surface area contributed by atoms with Crippen molar-refractivity contribution >= 4 is 41.8 Å². The Kier molecular flexibility index (Phi) is 10.2. The second-order valence-corrected chi connectivity index (χ2v) is 6.81. The number of amides is 2. The number of guanidine groups is 1. The summed E-state index contributed by atoms with van der Waals surface area (Å²) in [6.07, 6.45) is 4.71. The molecule has 1 aromatic heterocycles. The summed E-state index contributed by atoms with van der Waals surface area (Å²) in [5.41, 5.74) is 5.35. The van der Waals surface area contributed by atoms with Crippen molar-refractivity contribution in [2.75, 3.05) is 40.3 Å². The molecule has 3 N–H and O–H groups in total. The molecule has 1 aliphatic heterocycles. The summed E-state index contributed by atoms with van der Waals surface area (Å²) < 4.78 is 5.35. The molecule has 1 aromatic rings. The zero-order valence-electron chi connectivity index (χ0n) is 16.0. The van der Waals surface area contributed by atoms with E-state index in [4.69, 9.17) is 10.2 Å². The minimum absolute atomic E-state index is 0. The van der Waals surface area contributed by atoms with Gasteiger partial charge in [0.2, 0.25) is 11.8 Å². The van der Waals surface area contributed by atoms with Gasteiger partial charge in [0.1, 0.15) is 12.3 Å². The van der Waals surface area contributed by atoms with Gasteiger partial charge in [0.25, 0.3) is 0 Å². The number of piperidine rings is 1. The smallest absolute Gasteiger partial charge is 0.243 e. The highest BCUT2D eigenvalue weighted by atomic mass is 127. The molecule has 1 fully saturated rings. The number of hydrogen-bond acceptors (Lipinski definition) is 4. The normalized spacial score (nSPS) is 17.2. The lowest BCUT2D eigenvalue weighted by Gasteiger charge is -2.34. The lowest BCUT2D eigenvalue weighted by Crippen LogP contribution is -2.48. The number of halogens is 1. The Balaban J connectivity index is 0.00000364. The third-order valence-electron chi connectivity index (χ3n) is 4.41. The summed E-state index contributed by atoms with van der Waals surface area (Å²) in [7, 11) is 3.43. The highest BCUT2D eigenvalue weighted by Crippen LogP contribution is 2.19. The Morgan fingerprint density at radius 2 is 2.22 bits per heavy atom. The largest absolute Gasteiger partial charge is 0.469 e. The minimum Gasteiger partial charge on any atom is -0.469 e. The lowest BCUT2D eigenvalue weighted by atomic mass is 9.95. The van der Waals surface area contributed by atoms with Crippen molar-refractivity contribution in [3.8, 4) is 0 Å². The first-order chi connectivity index (χ1) is 12.5. The van der Waals surface area contributed by atoms with Crippen molar-refractivity contribution in [1.29, 1.82) is 0 Å². The van der Waals surface area contributed by atoms with E-state index in [0.29, 0.717) is 25.5 Å². The van der Waals surface area contributed by atoms with Gasteiger partial charge in [0, 0.05) is 46.6 Å². The Bertz CT molecular complexity index is 619. The fraction of sp³-hybridized carbons (Fsp3) is 0.611. The van der Waals surface area contributed by atoms with Gasteiger partial charge in [-0.1, -0.05) is 0 Å². The van der Waals surface area contributed by atoms with E-state index in [-0.39, 0.29) is 48.3 Å². The second kappa shape index (κ2) is 11.8. The third kappa shape index (κ3) is 8.19. The number of likely N-dealkylation sites (tertiary alicyclic amines) is 1. The van der Waals surface area contributed by atoms with Gasteiger partial charge in [-0.05, 0) is 30.9 Å². The van der Waals surface area contributed by atoms with Gasteiger partial charge in [0.05, 0.1) is 6.26 Å². The zero-order chi connectivity index (χ0) is 18.9. The summed E-state index contributed by atoms with van der Waals surface area (Å²) >= 11 is 0. The van der Waals surface area contributed by atoms with Crippen LogP contribution < -0.4 is 11.1 Å². The number of hydrogen-bond donors (Lipinski definition) is 2. The van der Waals surface area contributed by atoms with Crippen molar-refractivity contribution in [2.24, 2.45) is 16.6 Å². The molecule has 1 saturated heterocycles. The number of carbonyl (C=O) groups is 2. The highest BCUT2D eigenvalue weighted by molar-refractivity contribution is 14.0. The molecule has 9 heteroatoms. The maximum atomic E-state index is 11.9. The lowest BCUT2D eigenvalue weighted by molar-refractivity contribution is -0.127. The van der Waals surface area contributed by atoms with Crippen molar-refractivity contribution in [2.45, 2.75) is 25.7 Å². The average Bonchev–Trinajstić information content (AvgIpc) is 3.10. The molecule has 0 radical (unpaired) electrons. The standard InChI is InChI=1S/C18H29N5O3.HI/c1-22(2)17(25)12-21-18(20-8-7-15-6-4-10-26-15)23-9-3-5-14(13-23)11-16(19)24;/h4,6,10,14H,3,5,7-9,11-13H2,1-2H3,(H2,19,24)(H,20,21);1H. The van der Waals surface area contributed by atoms with Gasteiger partial charge in [0.15, 0.2) is 5.96 Å². The predicted molar refractivity (Wildman–Crippen MR) is 115 cm³/mol. The van der Waals surface area contributed by atoms with E-state index in [1.54, 1.807) is 20.4 Å². The summed E-state index contributed by atoms with van der Waals surface area (Å²) in [4.78, 5) is 31.3. The average molecular weight is 491 g/mol. The van der Waals surface area contributed by atoms with Gasteiger partial charge in [-0.3, -0.25) is 9.59 Å². The van der Waals surface area contributed by atoms with Crippen LogP contribution in [0, 0.1) is 5.92 Å². The van der Waals surface area contributed by atoms with E-state index >= 15 is 0 Å². The third-order valence-corrected chi connectivity index (χ3v) is 4.41. The molecule has 0 aliphatic carbocycles. The molecule has 0 aromatic carbocycles. The molecule has 8 nitrogen and oxygen atoms in total. The van der Waals surface area contributed by atoms with Crippen LogP contribution in [0.2, 0.25) is 0 Å². The molecular formula is C18H30IN5O3. The van der Waals surface area contributed by atoms with Crippen molar-refractivity contribution in [1.82, 2.24) is 15.1 Å². The highest BCUT2D eigenvalue weighted by Gasteiger charge is 2.24. The van der Waals surface area contributed by atoms with E-state index in [1.807, 2.05) is 12.1 Å². The maximum absolute atomic E-state index is 11.9. The molecule has 1 aliphatic rings. The first kappa shape index (κ1) is 23.3. The number of rotatable bonds is 7. The SMILES string of the molecule is CN(C)C(=O)CN=C(NCCc1ccco1)N1CCCC(CC(N)=O)C1.I. The maximum Gasteiger partial charge on any atom is 0.243 e. The van der Waals surface area contributed by atoms with Gasteiger partial charge < -0.3 is 25.3 Å². The van der Waals surface area contributed by atoms with E-state index in [1.165, 1.54) is 4.90 Å². The molecule has 0 spiro atoms. The number of nitrogens with two attached hydrogens (primary N) is 1. The zero-order valence-corrected chi connectivity index (χ0v) is 18.3. The Morgan fingerprint density at radius 1 is 1.44 bits per heavy atom. The van der Waals surface area contributed by atoms with Crippen LogP contribution in [0.5, 0.6) is 0 Å².